The molecular formula is C21H31IN4O2. The molecule has 6 nitrogen and oxygen atoms in total. The molecule has 0 unspecified atom stereocenters. The summed E-state index contributed by atoms with van der Waals surface area (Å²) in [4.78, 5) is 6.79. The zero-order valence-corrected chi connectivity index (χ0v) is 19.6. The number of hydrogen-bond donors (Lipinski definition) is 2. The summed E-state index contributed by atoms with van der Waals surface area (Å²) in [5.74, 6) is 2.14. The van der Waals surface area contributed by atoms with Crippen LogP contribution in [-0.4, -0.2) is 40.3 Å². The Morgan fingerprint density at radius 3 is 2.50 bits per heavy atom. The van der Waals surface area contributed by atoms with Gasteiger partial charge in [-0.05, 0) is 43.7 Å². The molecule has 154 valence electrons. The summed E-state index contributed by atoms with van der Waals surface area (Å²) in [6.07, 6.45) is 0. The van der Waals surface area contributed by atoms with E-state index in [0.717, 1.165) is 29.4 Å². The Morgan fingerprint density at radius 1 is 1.07 bits per heavy atom. The fraction of sp³-hybridized carbons (Fsp3) is 0.381. The van der Waals surface area contributed by atoms with E-state index in [4.69, 9.17) is 14.5 Å². The van der Waals surface area contributed by atoms with Crippen LogP contribution in [0, 0.1) is 0 Å². The van der Waals surface area contributed by atoms with Crippen molar-refractivity contribution in [2.45, 2.75) is 20.4 Å². The number of aliphatic imine (C=N–C) groups is 1. The second-order valence-electron chi connectivity index (χ2n) is 6.18. The van der Waals surface area contributed by atoms with Gasteiger partial charge in [-0.3, -0.25) is 0 Å². The fourth-order valence-corrected chi connectivity index (χ4v) is 2.57. The van der Waals surface area contributed by atoms with Crippen LogP contribution < -0.4 is 25.0 Å². The van der Waals surface area contributed by atoms with E-state index in [1.165, 1.54) is 0 Å². The minimum atomic E-state index is 0. The van der Waals surface area contributed by atoms with Crippen LogP contribution in [0.15, 0.2) is 47.5 Å². The lowest BCUT2D eigenvalue weighted by Crippen LogP contribution is -2.30. The Bertz CT molecular complexity index is 766. The number of halogens is 1. The van der Waals surface area contributed by atoms with Gasteiger partial charge in [0.15, 0.2) is 17.5 Å². The molecule has 0 radical (unpaired) electrons. The summed E-state index contributed by atoms with van der Waals surface area (Å²) in [6.45, 7) is 5.94. The summed E-state index contributed by atoms with van der Waals surface area (Å²) < 4.78 is 11.0. The van der Waals surface area contributed by atoms with Crippen LogP contribution in [0.5, 0.6) is 11.5 Å². The first-order valence-electron chi connectivity index (χ1n) is 9.19. The van der Waals surface area contributed by atoms with Gasteiger partial charge in [0.1, 0.15) is 0 Å². The molecule has 28 heavy (non-hydrogen) atoms. The van der Waals surface area contributed by atoms with Crippen molar-refractivity contribution in [1.29, 1.82) is 0 Å². The maximum atomic E-state index is 5.65. The van der Waals surface area contributed by atoms with Crippen LogP contribution in [0.4, 0.5) is 11.4 Å². The second-order valence-corrected chi connectivity index (χ2v) is 6.18. The van der Waals surface area contributed by atoms with Gasteiger partial charge < -0.3 is 25.0 Å². The van der Waals surface area contributed by atoms with Gasteiger partial charge in [-0.15, -0.1) is 24.0 Å². The largest absolute Gasteiger partial charge is 0.493 e. The van der Waals surface area contributed by atoms with E-state index in [1.54, 1.807) is 7.11 Å². The average Bonchev–Trinajstić information content (AvgIpc) is 2.67. The molecule has 2 rings (SSSR count). The molecule has 0 saturated carbocycles. The zero-order chi connectivity index (χ0) is 19.6. The smallest absolute Gasteiger partial charge is 0.196 e. The predicted molar refractivity (Wildman–Crippen MR) is 129 cm³/mol. The molecule has 2 aromatic carbocycles. The number of methoxy groups -OCH3 is 1. The van der Waals surface area contributed by atoms with E-state index < -0.39 is 0 Å². The number of nitrogens with one attached hydrogen (secondary N) is 2. The van der Waals surface area contributed by atoms with E-state index in [1.807, 2.05) is 46.1 Å². The van der Waals surface area contributed by atoms with Crippen molar-refractivity contribution in [3.05, 3.63) is 48.0 Å². The molecule has 0 atom stereocenters. The molecule has 0 amide bonds. The normalized spacial score (nSPS) is 10.7. The van der Waals surface area contributed by atoms with Crippen molar-refractivity contribution in [3.8, 4) is 11.5 Å². The first-order valence-corrected chi connectivity index (χ1v) is 9.19. The summed E-state index contributed by atoms with van der Waals surface area (Å²) in [6, 6.07) is 14.1. The number of hydrogen-bond acceptors (Lipinski definition) is 4. The number of ether oxygens (including phenoxy) is 2. The van der Waals surface area contributed by atoms with Gasteiger partial charge in [0.2, 0.25) is 0 Å². The van der Waals surface area contributed by atoms with E-state index in [0.29, 0.717) is 24.7 Å². The van der Waals surface area contributed by atoms with Gasteiger partial charge in [0.25, 0.3) is 0 Å². The molecule has 0 heterocycles. The Kier molecular flexibility index (Phi) is 10.5. The molecule has 0 aliphatic heterocycles. The van der Waals surface area contributed by atoms with Crippen LogP contribution in [0.3, 0.4) is 0 Å². The lowest BCUT2D eigenvalue weighted by molar-refractivity contribution is 0.311. The third-order valence-corrected chi connectivity index (χ3v) is 3.92. The van der Waals surface area contributed by atoms with E-state index in [9.17, 15) is 0 Å². The monoisotopic (exact) mass is 498 g/mol. The minimum Gasteiger partial charge on any atom is -0.493 e. The molecule has 0 fully saturated rings. The SMILES string of the molecule is CCNC(=NCc1cccc(N(C)C)c1)Nc1ccc(OC)c(OCC)c1.I. The number of anilines is 2. The van der Waals surface area contributed by atoms with Gasteiger partial charge in [0, 0.05) is 38.1 Å². The Labute approximate surface area is 185 Å². The lowest BCUT2D eigenvalue weighted by Gasteiger charge is -2.15. The number of benzene rings is 2. The van der Waals surface area contributed by atoms with E-state index >= 15 is 0 Å². The summed E-state index contributed by atoms with van der Waals surface area (Å²) in [5.41, 5.74) is 3.21. The molecule has 0 aromatic heterocycles. The third-order valence-electron chi connectivity index (χ3n) is 3.92. The highest BCUT2D eigenvalue weighted by Gasteiger charge is 2.07. The van der Waals surface area contributed by atoms with Crippen molar-refractivity contribution < 1.29 is 9.47 Å². The summed E-state index contributed by atoms with van der Waals surface area (Å²) in [5, 5.41) is 6.61. The lowest BCUT2D eigenvalue weighted by atomic mass is 10.2. The van der Waals surface area contributed by atoms with Crippen LogP contribution >= 0.6 is 24.0 Å². The molecule has 0 aliphatic carbocycles. The molecule has 0 bridgehead atoms. The van der Waals surface area contributed by atoms with Gasteiger partial charge in [0.05, 0.1) is 20.3 Å². The molecular weight excluding hydrogens is 467 g/mol. The van der Waals surface area contributed by atoms with Crippen LogP contribution in [0.1, 0.15) is 19.4 Å². The summed E-state index contributed by atoms with van der Waals surface area (Å²) in [7, 11) is 5.71. The molecule has 2 N–H and O–H groups in total. The maximum Gasteiger partial charge on any atom is 0.196 e. The summed E-state index contributed by atoms with van der Waals surface area (Å²) >= 11 is 0. The molecule has 0 aliphatic rings. The van der Waals surface area contributed by atoms with Gasteiger partial charge >= 0.3 is 0 Å². The number of rotatable bonds is 8. The van der Waals surface area contributed by atoms with Gasteiger partial charge in [-0.2, -0.15) is 0 Å². The van der Waals surface area contributed by atoms with Crippen molar-refractivity contribution in [2.75, 3.05) is 44.6 Å². The first-order chi connectivity index (χ1) is 13.1. The minimum absolute atomic E-state index is 0. The first kappa shape index (κ1) is 23.9. The van der Waals surface area contributed by atoms with Crippen LogP contribution in [0.2, 0.25) is 0 Å². The Hall–Kier alpha value is -2.16. The Morgan fingerprint density at radius 2 is 1.86 bits per heavy atom. The third kappa shape index (κ3) is 7.10. The van der Waals surface area contributed by atoms with Crippen molar-refractivity contribution >= 4 is 41.3 Å². The van der Waals surface area contributed by atoms with Crippen molar-refractivity contribution in [2.24, 2.45) is 4.99 Å². The number of nitrogens with zero attached hydrogens (tertiary/aromatic N) is 2. The highest BCUT2D eigenvalue weighted by atomic mass is 127. The quantitative estimate of drug-likeness (QED) is 0.322. The second kappa shape index (κ2) is 12.3. The van der Waals surface area contributed by atoms with Crippen molar-refractivity contribution in [1.82, 2.24) is 5.32 Å². The molecule has 7 heteroatoms. The highest BCUT2D eigenvalue weighted by molar-refractivity contribution is 14.0. The van der Waals surface area contributed by atoms with E-state index in [2.05, 4.69) is 39.8 Å². The molecule has 2 aromatic rings. The van der Waals surface area contributed by atoms with Crippen LogP contribution in [-0.2, 0) is 6.54 Å². The standard InChI is InChI=1S/C21H30N4O2.HI/c1-6-22-21(23-15-16-9-8-10-18(13-16)25(3)4)24-17-11-12-19(26-5)20(14-17)27-7-2;/h8-14H,6-7,15H2,1-5H3,(H2,22,23,24);1H. The Balaban J connectivity index is 0.00000392. The van der Waals surface area contributed by atoms with Crippen LogP contribution in [0.25, 0.3) is 0 Å². The van der Waals surface area contributed by atoms with Gasteiger partial charge in [-0.25, -0.2) is 4.99 Å². The molecule has 0 spiro atoms. The predicted octanol–water partition coefficient (Wildman–Crippen LogP) is 4.36. The topological polar surface area (TPSA) is 58.1 Å². The highest BCUT2D eigenvalue weighted by Crippen LogP contribution is 2.30. The molecule has 0 saturated heterocycles. The zero-order valence-electron chi connectivity index (χ0n) is 17.3. The van der Waals surface area contributed by atoms with Gasteiger partial charge in [-0.1, -0.05) is 12.1 Å². The average molecular weight is 498 g/mol. The fourth-order valence-electron chi connectivity index (χ4n) is 2.57. The maximum absolute atomic E-state index is 5.65. The number of guanidine groups is 1. The van der Waals surface area contributed by atoms with Crippen molar-refractivity contribution in [3.63, 3.8) is 0 Å². The van der Waals surface area contributed by atoms with E-state index in [-0.39, 0.29) is 24.0 Å².